The van der Waals surface area contributed by atoms with Crippen LogP contribution in [0.5, 0.6) is 0 Å². The molecule has 3 heteroatoms. The summed E-state index contributed by atoms with van der Waals surface area (Å²) in [5.41, 5.74) is 0.536. The monoisotopic (exact) mass is 280 g/mol. The number of hydrogen-bond acceptors (Lipinski definition) is 3. The molecule has 1 saturated heterocycles. The van der Waals surface area contributed by atoms with E-state index in [1.807, 2.05) is 0 Å². The molecule has 0 aromatic rings. The van der Waals surface area contributed by atoms with Crippen molar-refractivity contribution in [3.05, 3.63) is 0 Å². The first-order valence-corrected chi connectivity index (χ1v) is 8.78. The predicted molar refractivity (Wildman–Crippen MR) is 83.0 cm³/mol. The lowest BCUT2D eigenvalue weighted by Crippen LogP contribution is -2.53. The van der Waals surface area contributed by atoms with E-state index in [0.717, 1.165) is 19.2 Å². The number of rotatable bonds is 5. The molecular formula is C17H32N2O. The van der Waals surface area contributed by atoms with Crippen molar-refractivity contribution in [3.8, 4) is 0 Å². The summed E-state index contributed by atoms with van der Waals surface area (Å²) < 4.78 is 5.97. The van der Waals surface area contributed by atoms with Gasteiger partial charge in [0.2, 0.25) is 0 Å². The minimum absolute atomic E-state index is 0.536. The normalized spacial score (nSPS) is 33.8. The van der Waals surface area contributed by atoms with Crippen molar-refractivity contribution in [1.82, 2.24) is 10.2 Å². The van der Waals surface area contributed by atoms with E-state index in [0.29, 0.717) is 17.6 Å². The Balaban J connectivity index is 1.63. The second kappa shape index (κ2) is 6.33. The molecule has 2 unspecified atom stereocenters. The summed E-state index contributed by atoms with van der Waals surface area (Å²) in [6.07, 6.45) is 10.2. The highest BCUT2D eigenvalue weighted by molar-refractivity contribution is 4.95. The van der Waals surface area contributed by atoms with Gasteiger partial charge in [-0.2, -0.15) is 0 Å². The molecule has 0 aromatic heterocycles. The fraction of sp³-hybridized carbons (Fsp3) is 1.00. The first-order chi connectivity index (χ1) is 9.69. The summed E-state index contributed by atoms with van der Waals surface area (Å²) >= 11 is 0. The third-order valence-corrected chi connectivity index (χ3v) is 5.69. The van der Waals surface area contributed by atoms with Crippen LogP contribution in [0.3, 0.4) is 0 Å². The smallest absolute Gasteiger partial charge is 0.0730 e. The molecular weight excluding hydrogens is 248 g/mol. The van der Waals surface area contributed by atoms with E-state index in [1.54, 1.807) is 0 Å². The van der Waals surface area contributed by atoms with Gasteiger partial charge in [-0.1, -0.05) is 26.7 Å². The van der Waals surface area contributed by atoms with Gasteiger partial charge >= 0.3 is 0 Å². The Hall–Kier alpha value is -0.120. The van der Waals surface area contributed by atoms with Crippen molar-refractivity contribution in [2.75, 3.05) is 26.2 Å². The van der Waals surface area contributed by atoms with Gasteiger partial charge in [-0.15, -0.1) is 0 Å². The number of nitrogens with zero attached hydrogens (tertiary/aromatic N) is 1. The zero-order valence-corrected chi connectivity index (χ0v) is 13.4. The second-order valence-corrected chi connectivity index (χ2v) is 7.62. The van der Waals surface area contributed by atoms with Crippen molar-refractivity contribution in [2.24, 2.45) is 5.41 Å². The van der Waals surface area contributed by atoms with Crippen LogP contribution in [0.25, 0.3) is 0 Å². The third-order valence-electron chi connectivity index (χ3n) is 5.69. The molecule has 2 atom stereocenters. The second-order valence-electron chi connectivity index (χ2n) is 7.62. The molecule has 0 spiro atoms. The Labute approximate surface area is 124 Å². The van der Waals surface area contributed by atoms with Gasteiger partial charge in [0.15, 0.2) is 0 Å². The average molecular weight is 280 g/mol. The van der Waals surface area contributed by atoms with Gasteiger partial charge in [0, 0.05) is 31.7 Å². The molecule has 0 bridgehead atoms. The maximum atomic E-state index is 5.97. The van der Waals surface area contributed by atoms with Crippen molar-refractivity contribution in [2.45, 2.75) is 77.0 Å². The number of ether oxygens (including phenoxy) is 1. The molecule has 1 N–H and O–H groups in total. The van der Waals surface area contributed by atoms with Crippen LogP contribution in [0.15, 0.2) is 0 Å². The maximum absolute atomic E-state index is 5.97. The Bertz CT molecular complexity index is 312. The lowest BCUT2D eigenvalue weighted by Gasteiger charge is -2.43. The van der Waals surface area contributed by atoms with Crippen LogP contribution >= 0.6 is 0 Å². The van der Waals surface area contributed by atoms with Gasteiger partial charge in [-0.3, -0.25) is 4.90 Å². The number of fused-ring (bicyclic) bond motifs is 1. The van der Waals surface area contributed by atoms with Crippen LogP contribution in [-0.4, -0.2) is 49.3 Å². The molecule has 0 aromatic carbocycles. The Morgan fingerprint density at radius 2 is 2.00 bits per heavy atom. The first kappa shape index (κ1) is 14.8. The standard InChI is InChI=1S/C17H32N2O/c1-14(2)18-12-17(8-3-4-9-17)13-19-10-11-20-16-7-5-6-15(16)19/h14-16,18H,3-13H2,1-2H3. The van der Waals surface area contributed by atoms with Crippen molar-refractivity contribution in [3.63, 3.8) is 0 Å². The van der Waals surface area contributed by atoms with E-state index in [2.05, 4.69) is 24.1 Å². The molecule has 3 fully saturated rings. The van der Waals surface area contributed by atoms with Crippen LogP contribution in [-0.2, 0) is 4.74 Å². The van der Waals surface area contributed by atoms with Crippen LogP contribution in [0.1, 0.15) is 58.8 Å². The quantitative estimate of drug-likeness (QED) is 0.838. The van der Waals surface area contributed by atoms with Crippen molar-refractivity contribution < 1.29 is 4.74 Å². The SMILES string of the molecule is CC(C)NCC1(CN2CCOC3CCCC32)CCCC1. The Morgan fingerprint density at radius 1 is 1.20 bits per heavy atom. The van der Waals surface area contributed by atoms with E-state index < -0.39 is 0 Å². The average Bonchev–Trinajstić information content (AvgIpc) is 3.06. The van der Waals surface area contributed by atoms with Crippen LogP contribution in [0.2, 0.25) is 0 Å². The highest BCUT2D eigenvalue weighted by Gasteiger charge is 2.41. The first-order valence-electron chi connectivity index (χ1n) is 8.78. The highest BCUT2D eigenvalue weighted by atomic mass is 16.5. The summed E-state index contributed by atoms with van der Waals surface area (Å²) in [6.45, 7) is 9.16. The van der Waals surface area contributed by atoms with E-state index >= 15 is 0 Å². The number of hydrogen-bond donors (Lipinski definition) is 1. The van der Waals surface area contributed by atoms with E-state index in [4.69, 9.17) is 4.74 Å². The van der Waals surface area contributed by atoms with Crippen molar-refractivity contribution in [1.29, 1.82) is 0 Å². The molecule has 2 aliphatic carbocycles. The molecule has 1 aliphatic heterocycles. The van der Waals surface area contributed by atoms with Crippen LogP contribution in [0.4, 0.5) is 0 Å². The topological polar surface area (TPSA) is 24.5 Å². The minimum Gasteiger partial charge on any atom is -0.375 e. The van der Waals surface area contributed by atoms with Crippen LogP contribution < -0.4 is 5.32 Å². The van der Waals surface area contributed by atoms with E-state index in [9.17, 15) is 0 Å². The van der Waals surface area contributed by atoms with Gasteiger partial charge in [-0.25, -0.2) is 0 Å². The van der Waals surface area contributed by atoms with Gasteiger partial charge in [0.1, 0.15) is 0 Å². The van der Waals surface area contributed by atoms with Crippen LogP contribution in [0, 0.1) is 5.41 Å². The van der Waals surface area contributed by atoms with Gasteiger partial charge in [-0.05, 0) is 37.5 Å². The molecule has 3 rings (SSSR count). The largest absolute Gasteiger partial charge is 0.375 e. The lowest BCUT2D eigenvalue weighted by molar-refractivity contribution is -0.0683. The number of morpholine rings is 1. The molecule has 0 radical (unpaired) electrons. The zero-order valence-electron chi connectivity index (χ0n) is 13.4. The summed E-state index contributed by atoms with van der Waals surface area (Å²) in [5.74, 6) is 0. The summed E-state index contributed by atoms with van der Waals surface area (Å²) in [6, 6.07) is 1.33. The summed E-state index contributed by atoms with van der Waals surface area (Å²) in [5, 5.41) is 3.72. The maximum Gasteiger partial charge on any atom is 0.0730 e. The van der Waals surface area contributed by atoms with Gasteiger partial charge in [0.05, 0.1) is 12.7 Å². The fourth-order valence-corrected chi connectivity index (χ4v) is 4.57. The molecule has 2 saturated carbocycles. The summed E-state index contributed by atoms with van der Waals surface area (Å²) in [7, 11) is 0. The molecule has 0 amide bonds. The minimum atomic E-state index is 0.536. The highest BCUT2D eigenvalue weighted by Crippen LogP contribution is 2.40. The van der Waals surface area contributed by atoms with Crippen molar-refractivity contribution >= 4 is 0 Å². The van der Waals surface area contributed by atoms with E-state index in [1.165, 1.54) is 58.0 Å². The molecule has 3 nitrogen and oxygen atoms in total. The molecule has 20 heavy (non-hydrogen) atoms. The van der Waals surface area contributed by atoms with Gasteiger partial charge < -0.3 is 10.1 Å². The molecule has 3 aliphatic rings. The lowest BCUT2D eigenvalue weighted by atomic mass is 9.84. The Kier molecular flexibility index (Phi) is 4.68. The third kappa shape index (κ3) is 3.20. The summed E-state index contributed by atoms with van der Waals surface area (Å²) in [4.78, 5) is 2.79. The van der Waals surface area contributed by atoms with Gasteiger partial charge in [0.25, 0.3) is 0 Å². The predicted octanol–water partition coefficient (Wildman–Crippen LogP) is 2.80. The Morgan fingerprint density at radius 3 is 2.75 bits per heavy atom. The fourth-order valence-electron chi connectivity index (χ4n) is 4.57. The van der Waals surface area contributed by atoms with E-state index in [-0.39, 0.29) is 0 Å². The molecule has 1 heterocycles. The molecule has 116 valence electrons. The number of nitrogens with one attached hydrogen (secondary N) is 1. The zero-order chi connectivity index (χ0) is 14.0.